The van der Waals surface area contributed by atoms with Crippen LogP contribution in [0.1, 0.15) is 18.4 Å². The maximum atomic E-state index is 11.7. The predicted octanol–water partition coefficient (Wildman–Crippen LogP) is 2.61. The Kier molecular flexibility index (Phi) is 14.7. The van der Waals surface area contributed by atoms with Crippen molar-refractivity contribution >= 4 is 47.6 Å². The summed E-state index contributed by atoms with van der Waals surface area (Å²) in [5, 5.41) is 6.63. The highest BCUT2D eigenvalue weighted by molar-refractivity contribution is 14.0. The Hall–Kier alpha value is -0.960. The van der Waals surface area contributed by atoms with Gasteiger partial charge >= 0.3 is 0 Å². The van der Waals surface area contributed by atoms with Crippen molar-refractivity contribution in [1.29, 1.82) is 0 Å². The fourth-order valence-corrected chi connectivity index (χ4v) is 2.50. The number of unbranched alkanes of at least 4 members (excludes halogenated alkanes) is 1. The van der Waals surface area contributed by atoms with Crippen LogP contribution in [0.5, 0.6) is 0 Å². The number of carbonyl (C=O) groups excluding carboxylic acids is 1. The Labute approximate surface area is 173 Å². The lowest BCUT2D eigenvalue weighted by Gasteiger charge is -2.14. The number of halogens is 1. The van der Waals surface area contributed by atoms with Gasteiger partial charge in [-0.15, -0.1) is 24.0 Å². The number of benzene rings is 1. The first-order chi connectivity index (χ1) is 11.6. The van der Waals surface area contributed by atoms with Gasteiger partial charge in [-0.25, -0.2) is 4.99 Å². The van der Waals surface area contributed by atoms with Crippen molar-refractivity contribution in [1.82, 2.24) is 15.5 Å². The maximum Gasteiger partial charge on any atom is 0.243 e. The molecule has 0 saturated carbocycles. The lowest BCUT2D eigenvalue weighted by Crippen LogP contribution is -2.40. The number of likely N-dealkylation sites (N-methyl/N-ethyl adjacent to an activating group) is 1. The summed E-state index contributed by atoms with van der Waals surface area (Å²) in [4.78, 5) is 17.7. The molecule has 0 saturated heterocycles. The van der Waals surface area contributed by atoms with E-state index >= 15 is 0 Å². The molecule has 1 amide bonds. The smallest absolute Gasteiger partial charge is 0.243 e. The number of amides is 1. The van der Waals surface area contributed by atoms with Gasteiger partial charge in [-0.1, -0.05) is 30.3 Å². The van der Waals surface area contributed by atoms with E-state index in [1.165, 1.54) is 17.7 Å². The van der Waals surface area contributed by atoms with Gasteiger partial charge in [-0.3, -0.25) is 4.79 Å². The van der Waals surface area contributed by atoms with E-state index in [9.17, 15) is 4.79 Å². The number of carbonyl (C=O) groups is 1. The summed E-state index contributed by atoms with van der Waals surface area (Å²) in [6.45, 7) is 1.82. The molecule has 0 unspecified atom stereocenters. The highest BCUT2D eigenvalue weighted by Gasteiger charge is 2.04. The van der Waals surface area contributed by atoms with Crippen LogP contribution < -0.4 is 10.6 Å². The minimum absolute atomic E-state index is 0. The third-order valence-electron chi connectivity index (χ3n) is 3.49. The standard InChI is InChI=1S/C18H30N4OS.HI/c1-22(2)17(23)15-21-18(19-12-7-8-14-24-3)20-13-11-16-9-5-4-6-10-16;/h4-6,9-10H,7-8,11-15H2,1-3H3,(H2,19,20,21);1H. The average molecular weight is 478 g/mol. The van der Waals surface area contributed by atoms with Crippen LogP contribution in [-0.4, -0.2) is 62.5 Å². The van der Waals surface area contributed by atoms with E-state index in [4.69, 9.17) is 0 Å². The van der Waals surface area contributed by atoms with Crippen molar-refractivity contribution < 1.29 is 4.79 Å². The number of nitrogens with one attached hydrogen (secondary N) is 2. The van der Waals surface area contributed by atoms with Gasteiger partial charge in [0.1, 0.15) is 6.54 Å². The Morgan fingerprint density at radius 1 is 1.12 bits per heavy atom. The fraction of sp³-hybridized carbons (Fsp3) is 0.556. The zero-order valence-corrected chi connectivity index (χ0v) is 18.6. The van der Waals surface area contributed by atoms with Gasteiger partial charge in [0.05, 0.1) is 0 Å². The molecule has 0 radical (unpaired) electrons. The van der Waals surface area contributed by atoms with Gasteiger partial charge < -0.3 is 15.5 Å². The molecule has 0 aromatic heterocycles. The molecule has 0 heterocycles. The van der Waals surface area contributed by atoms with Gasteiger partial charge in [0, 0.05) is 27.2 Å². The molecule has 25 heavy (non-hydrogen) atoms. The van der Waals surface area contributed by atoms with Crippen molar-refractivity contribution in [3.8, 4) is 0 Å². The molecule has 0 aliphatic heterocycles. The van der Waals surface area contributed by atoms with Crippen molar-refractivity contribution in [3.05, 3.63) is 35.9 Å². The second-order valence-electron chi connectivity index (χ2n) is 5.74. The third-order valence-corrected chi connectivity index (χ3v) is 4.18. The van der Waals surface area contributed by atoms with Gasteiger partial charge in [0.15, 0.2) is 5.96 Å². The normalized spacial score (nSPS) is 10.8. The van der Waals surface area contributed by atoms with E-state index in [1.807, 2.05) is 30.0 Å². The fourth-order valence-electron chi connectivity index (χ4n) is 2.01. The molecule has 1 aromatic rings. The highest BCUT2D eigenvalue weighted by atomic mass is 127. The quantitative estimate of drug-likeness (QED) is 0.235. The molecule has 0 spiro atoms. The predicted molar refractivity (Wildman–Crippen MR) is 120 cm³/mol. The summed E-state index contributed by atoms with van der Waals surface area (Å²) < 4.78 is 0. The molecular weight excluding hydrogens is 447 g/mol. The molecule has 5 nitrogen and oxygen atoms in total. The number of guanidine groups is 1. The first-order valence-electron chi connectivity index (χ1n) is 8.38. The van der Waals surface area contributed by atoms with E-state index in [0.29, 0.717) is 5.96 Å². The monoisotopic (exact) mass is 478 g/mol. The lowest BCUT2D eigenvalue weighted by atomic mass is 10.1. The number of thioether (sulfide) groups is 1. The topological polar surface area (TPSA) is 56.7 Å². The maximum absolute atomic E-state index is 11.7. The molecule has 1 rings (SSSR count). The number of aliphatic imine (C=N–C) groups is 1. The summed E-state index contributed by atoms with van der Waals surface area (Å²) >= 11 is 1.87. The zero-order chi connectivity index (χ0) is 17.6. The molecule has 1 aromatic carbocycles. The van der Waals surface area contributed by atoms with E-state index in [1.54, 1.807) is 19.0 Å². The molecule has 0 aliphatic rings. The number of hydrogen-bond acceptors (Lipinski definition) is 3. The number of hydrogen-bond donors (Lipinski definition) is 2. The molecule has 7 heteroatoms. The largest absolute Gasteiger partial charge is 0.356 e. The van der Waals surface area contributed by atoms with Crippen LogP contribution >= 0.6 is 35.7 Å². The second-order valence-corrected chi connectivity index (χ2v) is 6.73. The van der Waals surface area contributed by atoms with Crippen molar-refractivity contribution in [2.75, 3.05) is 45.7 Å². The van der Waals surface area contributed by atoms with Gasteiger partial charge in [0.2, 0.25) is 5.91 Å². The van der Waals surface area contributed by atoms with Gasteiger partial charge in [0.25, 0.3) is 0 Å². The third kappa shape index (κ3) is 12.1. The summed E-state index contributed by atoms with van der Waals surface area (Å²) in [6.07, 6.45) is 5.33. The van der Waals surface area contributed by atoms with Crippen LogP contribution in [0.25, 0.3) is 0 Å². The number of nitrogens with zero attached hydrogens (tertiary/aromatic N) is 2. The molecule has 0 aliphatic carbocycles. The highest BCUT2D eigenvalue weighted by Crippen LogP contribution is 1.99. The van der Waals surface area contributed by atoms with Crippen LogP contribution in [0, 0.1) is 0 Å². The minimum Gasteiger partial charge on any atom is -0.356 e. The molecular formula is C18H31IN4OS. The van der Waals surface area contributed by atoms with E-state index < -0.39 is 0 Å². The summed E-state index contributed by atoms with van der Waals surface area (Å²) in [5.74, 6) is 1.89. The first kappa shape index (κ1) is 24.0. The Balaban J connectivity index is 0.00000576. The Morgan fingerprint density at radius 2 is 1.80 bits per heavy atom. The molecule has 142 valence electrons. The van der Waals surface area contributed by atoms with E-state index in [-0.39, 0.29) is 36.4 Å². The number of rotatable bonds is 10. The summed E-state index contributed by atoms with van der Waals surface area (Å²) in [6, 6.07) is 10.3. The first-order valence-corrected chi connectivity index (χ1v) is 9.78. The van der Waals surface area contributed by atoms with E-state index in [2.05, 4.69) is 34.0 Å². The van der Waals surface area contributed by atoms with Crippen LogP contribution in [0.4, 0.5) is 0 Å². The second kappa shape index (κ2) is 15.3. The minimum atomic E-state index is 0. The van der Waals surface area contributed by atoms with E-state index in [0.717, 1.165) is 25.9 Å². The Morgan fingerprint density at radius 3 is 2.44 bits per heavy atom. The van der Waals surface area contributed by atoms with Crippen LogP contribution in [-0.2, 0) is 11.2 Å². The SMILES string of the molecule is CSCCCCNC(=NCC(=O)N(C)C)NCCc1ccccc1.I. The molecule has 2 N–H and O–H groups in total. The van der Waals surface area contributed by atoms with Crippen LogP contribution in [0.2, 0.25) is 0 Å². The zero-order valence-electron chi connectivity index (χ0n) is 15.5. The Bertz CT molecular complexity index is 497. The molecule has 0 atom stereocenters. The molecule has 0 bridgehead atoms. The van der Waals surface area contributed by atoms with Gasteiger partial charge in [-0.05, 0) is 36.8 Å². The van der Waals surface area contributed by atoms with Crippen LogP contribution in [0.3, 0.4) is 0 Å². The van der Waals surface area contributed by atoms with Crippen molar-refractivity contribution in [2.45, 2.75) is 19.3 Å². The van der Waals surface area contributed by atoms with Crippen molar-refractivity contribution in [2.24, 2.45) is 4.99 Å². The lowest BCUT2D eigenvalue weighted by molar-refractivity contribution is -0.127. The van der Waals surface area contributed by atoms with Gasteiger partial charge in [-0.2, -0.15) is 11.8 Å². The summed E-state index contributed by atoms with van der Waals surface area (Å²) in [7, 11) is 3.49. The van der Waals surface area contributed by atoms with Crippen LogP contribution in [0.15, 0.2) is 35.3 Å². The molecule has 0 fully saturated rings. The summed E-state index contributed by atoms with van der Waals surface area (Å²) in [5.41, 5.74) is 1.29. The average Bonchev–Trinajstić information content (AvgIpc) is 2.59. The van der Waals surface area contributed by atoms with Crippen molar-refractivity contribution in [3.63, 3.8) is 0 Å².